The highest BCUT2D eigenvalue weighted by Gasteiger charge is 2.14. The smallest absolute Gasteiger partial charge is 0.146 e. The van der Waals surface area contributed by atoms with Gasteiger partial charge in [0, 0.05) is 27.1 Å². The molecule has 0 bridgehead atoms. The molecule has 3 nitrogen and oxygen atoms in total. The number of nitrogens with zero attached hydrogens (tertiary/aromatic N) is 3. The van der Waals surface area contributed by atoms with Crippen molar-refractivity contribution in [1.82, 2.24) is 14.4 Å². The Morgan fingerprint density at radius 1 is 0.378 bits per heavy atom. The van der Waals surface area contributed by atoms with Crippen LogP contribution in [0.15, 0.2) is 152 Å². The lowest BCUT2D eigenvalue weighted by Gasteiger charge is -2.12. The first-order valence-corrected chi connectivity index (χ1v) is 15.3. The summed E-state index contributed by atoms with van der Waals surface area (Å²) in [5.74, 6) is 0. The molecule has 0 N–H and O–H groups in total. The average molecular weight is 572 g/mol. The summed E-state index contributed by atoms with van der Waals surface area (Å²) in [6, 6.07) is 54.4. The van der Waals surface area contributed by atoms with E-state index in [1.165, 1.54) is 54.3 Å². The summed E-state index contributed by atoms with van der Waals surface area (Å²) in [4.78, 5) is 10.2. The van der Waals surface area contributed by atoms with Gasteiger partial charge in [-0.05, 0) is 75.1 Å². The van der Waals surface area contributed by atoms with Crippen LogP contribution in [0.3, 0.4) is 0 Å². The van der Waals surface area contributed by atoms with Crippen LogP contribution in [0.5, 0.6) is 0 Å². The van der Waals surface area contributed by atoms with Gasteiger partial charge in [-0.1, -0.05) is 109 Å². The van der Waals surface area contributed by atoms with Gasteiger partial charge in [0.05, 0.1) is 27.8 Å². The number of imidazole rings is 1. The van der Waals surface area contributed by atoms with E-state index >= 15 is 0 Å². The fraction of sp³-hybridized carbons (Fsp3) is 0. The summed E-state index contributed by atoms with van der Waals surface area (Å²) in [6.07, 6.45) is 0. The van der Waals surface area contributed by atoms with Crippen LogP contribution in [0.1, 0.15) is 0 Å². The van der Waals surface area contributed by atoms with Crippen LogP contribution >= 0.6 is 0 Å². The van der Waals surface area contributed by atoms with Crippen molar-refractivity contribution in [3.63, 3.8) is 0 Å². The van der Waals surface area contributed by atoms with Gasteiger partial charge in [-0.15, -0.1) is 0 Å². The van der Waals surface area contributed by atoms with Crippen molar-refractivity contribution >= 4 is 70.8 Å². The molecule has 0 spiro atoms. The van der Waals surface area contributed by atoms with Crippen molar-refractivity contribution in [2.45, 2.75) is 0 Å². The molecule has 3 aromatic heterocycles. The Balaban J connectivity index is 1.10. The SMILES string of the molecule is c1ccc2c(c1)ccc1ccc(-c3ccc4cc(-c5ccc6c(c5)c5ccccc5c5nc7ccccc7n65)ccc4c3)nc12. The second kappa shape index (κ2) is 9.22. The van der Waals surface area contributed by atoms with Gasteiger partial charge in [-0.2, -0.15) is 0 Å². The topological polar surface area (TPSA) is 30.2 Å². The number of hydrogen-bond acceptors (Lipinski definition) is 2. The van der Waals surface area contributed by atoms with Crippen LogP contribution in [0.4, 0.5) is 0 Å². The second-order valence-electron chi connectivity index (χ2n) is 11.9. The van der Waals surface area contributed by atoms with Crippen LogP contribution in [-0.2, 0) is 0 Å². The zero-order valence-corrected chi connectivity index (χ0v) is 24.3. The molecule has 0 saturated heterocycles. The monoisotopic (exact) mass is 571 g/mol. The molecule has 10 rings (SSSR count). The first kappa shape index (κ1) is 24.4. The lowest BCUT2D eigenvalue weighted by atomic mass is 9.96. The lowest BCUT2D eigenvalue weighted by molar-refractivity contribution is 1.31. The molecule has 7 aromatic carbocycles. The van der Waals surface area contributed by atoms with Gasteiger partial charge in [0.25, 0.3) is 0 Å². The molecule has 0 aliphatic heterocycles. The van der Waals surface area contributed by atoms with E-state index in [-0.39, 0.29) is 0 Å². The minimum atomic E-state index is 0.990. The minimum Gasteiger partial charge on any atom is -0.292 e. The fourth-order valence-corrected chi connectivity index (χ4v) is 7.09. The highest BCUT2D eigenvalue weighted by atomic mass is 15.0. The van der Waals surface area contributed by atoms with E-state index in [1.54, 1.807) is 0 Å². The van der Waals surface area contributed by atoms with Crippen LogP contribution in [0.2, 0.25) is 0 Å². The van der Waals surface area contributed by atoms with Gasteiger partial charge in [-0.3, -0.25) is 4.40 Å². The van der Waals surface area contributed by atoms with Gasteiger partial charge in [0.1, 0.15) is 5.65 Å². The fourth-order valence-electron chi connectivity index (χ4n) is 7.09. The molecule has 208 valence electrons. The largest absolute Gasteiger partial charge is 0.292 e. The highest BCUT2D eigenvalue weighted by Crippen LogP contribution is 2.36. The Morgan fingerprint density at radius 2 is 1.02 bits per heavy atom. The van der Waals surface area contributed by atoms with E-state index < -0.39 is 0 Å². The number of pyridine rings is 2. The van der Waals surface area contributed by atoms with Gasteiger partial charge >= 0.3 is 0 Å². The van der Waals surface area contributed by atoms with Crippen molar-refractivity contribution in [2.24, 2.45) is 0 Å². The summed E-state index contributed by atoms with van der Waals surface area (Å²) in [7, 11) is 0. The predicted octanol–water partition coefficient (Wildman–Crippen LogP) is 11.0. The number of hydrogen-bond donors (Lipinski definition) is 0. The maximum Gasteiger partial charge on any atom is 0.146 e. The molecule has 3 heteroatoms. The molecule has 10 aromatic rings. The molecule has 0 unspecified atom stereocenters. The summed E-state index contributed by atoms with van der Waals surface area (Å²) in [5, 5.41) is 9.59. The maximum atomic E-state index is 5.13. The molecule has 0 amide bonds. The quantitative estimate of drug-likeness (QED) is 0.193. The summed E-state index contributed by atoms with van der Waals surface area (Å²) < 4.78 is 2.31. The van der Waals surface area contributed by atoms with Crippen LogP contribution < -0.4 is 0 Å². The van der Waals surface area contributed by atoms with Gasteiger partial charge < -0.3 is 0 Å². The number of rotatable bonds is 2. The third-order valence-corrected chi connectivity index (χ3v) is 9.31. The average Bonchev–Trinajstić information content (AvgIpc) is 3.51. The van der Waals surface area contributed by atoms with E-state index in [2.05, 4.69) is 156 Å². The van der Waals surface area contributed by atoms with Gasteiger partial charge in [0.15, 0.2) is 0 Å². The highest BCUT2D eigenvalue weighted by molar-refractivity contribution is 6.14. The van der Waals surface area contributed by atoms with E-state index in [0.29, 0.717) is 0 Å². The van der Waals surface area contributed by atoms with Gasteiger partial charge in [0.2, 0.25) is 0 Å². The molecule has 0 fully saturated rings. The second-order valence-corrected chi connectivity index (χ2v) is 11.9. The van der Waals surface area contributed by atoms with Crippen LogP contribution in [0, 0.1) is 0 Å². The molecule has 45 heavy (non-hydrogen) atoms. The number of fused-ring (bicyclic) bond motifs is 12. The number of aromatic nitrogens is 3. The van der Waals surface area contributed by atoms with Crippen LogP contribution in [-0.4, -0.2) is 14.4 Å². The molecule has 0 saturated carbocycles. The minimum absolute atomic E-state index is 0.990. The Kier molecular flexibility index (Phi) is 5.00. The van der Waals surface area contributed by atoms with Gasteiger partial charge in [-0.25, -0.2) is 9.97 Å². The van der Waals surface area contributed by atoms with Crippen molar-refractivity contribution in [3.8, 4) is 22.4 Å². The summed E-state index contributed by atoms with van der Waals surface area (Å²) >= 11 is 0. The standard InChI is InChI=1S/C42H25N3/c1-2-8-33-26(7-1)13-14-27-19-21-37(43-41(27)33)32-18-17-28-23-29(15-16-30(28)24-32)31-20-22-39-36(25-31)34-9-3-4-10-35(34)42-44-38-11-5-6-12-40(38)45(39)42/h1-25H. The zero-order chi connectivity index (χ0) is 29.5. The van der Waals surface area contributed by atoms with E-state index in [0.717, 1.165) is 38.8 Å². The molecular weight excluding hydrogens is 546 g/mol. The van der Waals surface area contributed by atoms with E-state index in [1.807, 2.05) is 0 Å². The van der Waals surface area contributed by atoms with Crippen molar-refractivity contribution < 1.29 is 0 Å². The number of benzene rings is 7. The Bertz CT molecular complexity index is 2820. The lowest BCUT2D eigenvalue weighted by Crippen LogP contribution is -1.92. The zero-order valence-electron chi connectivity index (χ0n) is 24.3. The number of para-hydroxylation sites is 2. The molecular formula is C42H25N3. The third kappa shape index (κ3) is 3.65. The van der Waals surface area contributed by atoms with E-state index in [9.17, 15) is 0 Å². The summed E-state index contributed by atoms with van der Waals surface area (Å²) in [6.45, 7) is 0. The van der Waals surface area contributed by atoms with Crippen molar-refractivity contribution in [2.75, 3.05) is 0 Å². The van der Waals surface area contributed by atoms with Crippen LogP contribution in [0.25, 0.3) is 93.2 Å². The normalized spacial score (nSPS) is 12.0. The maximum absolute atomic E-state index is 5.13. The summed E-state index contributed by atoms with van der Waals surface area (Å²) in [5.41, 5.74) is 9.88. The van der Waals surface area contributed by atoms with E-state index in [4.69, 9.17) is 9.97 Å². The molecule has 0 aliphatic rings. The van der Waals surface area contributed by atoms with Crippen molar-refractivity contribution in [1.29, 1.82) is 0 Å². The van der Waals surface area contributed by atoms with Crippen molar-refractivity contribution in [3.05, 3.63) is 152 Å². The molecule has 0 radical (unpaired) electrons. The Hall–Kier alpha value is -6.06. The predicted molar refractivity (Wildman–Crippen MR) is 189 cm³/mol. The first-order chi connectivity index (χ1) is 22.3. The Labute approximate surface area is 258 Å². The third-order valence-electron chi connectivity index (χ3n) is 9.31. The molecule has 3 heterocycles. The molecule has 0 atom stereocenters. The molecule has 0 aliphatic carbocycles. The Morgan fingerprint density at radius 3 is 1.93 bits per heavy atom. The first-order valence-electron chi connectivity index (χ1n) is 15.3.